The molecular weight excluding hydrogens is 286 g/mol. The van der Waals surface area contributed by atoms with E-state index in [9.17, 15) is 13.2 Å². The van der Waals surface area contributed by atoms with E-state index in [0.29, 0.717) is 5.56 Å². The highest BCUT2D eigenvalue weighted by atomic mass is 32.2. The number of carbonyl (C=O) groups is 1. The number of thiophene rings is 1. The topological polar surface area (TPSA) is 74.7 Å². The van der Waals surface area contributed by atoms with Crippen molar-refractivity contribution in [2.75, 3.05) is 6.54 Å². The molecule has 7 heteroatoms. The molecule has 1 N–H and O–H groups in total. The van der Waals surface area contributed by atoms with Crippen LogP contribution in [0.15, 0.2) is 22.9 Å². The minimum Gasteiger partial charge on any atom is -0.477 e. The number of sulfonamides is 1. The van der Waals surface area contributed by atoms with Gasteiger partial charge in [0.1, 0.15) is 9.09 Å². The first-order valence-electron chi connectivity index (χ1n) is 5.84. The van der Waals surface area contributed by atoms with Gasteiger partial charge in [-0.05, 0) is 31.4 Å². The second kappa shape index (κ2) is 5.07. The second-order valence-corrected chi connectivity index (χ2v) is 7.65. The van der Waals surface area contributed by atoms with E-state index in [-0.39, 0.29) is 21.7 Å². The number of carboxylic acids is 1. The number of hydrogen-bond donors (Lipinski definition) is 1. The summed E-state index contributed by atoms with van der Waals surface area (Å²) in [6, 6.07) is 1.46. The van der Waals surface area contributed by atoms with Crippen molar-refractivity contribution in [2.24, 2.45) is 0 Å². The smallest absolute Gasteiger partial charge is 0.346 e. The van der Waals surface area contributed by atoms with E-state index < -0.39 is 16.0 Å². The summed E-state index contributed by atoms with van der Waals surface area (Å²) in [4.78, 5) is 11.1. The third-order valence-corrected chi connectivity index (χ3v) is 6.51. The Kier molecular flexibility index (Phi) is 3.80. The van der Waals surface area contributed by atoms with Crippen molar-refractivity contribution in [3.8, 4) is 0 Å². The molecule has 0 aromatic carbocycles. The molecule has 1 aliphatic carbocycles. The lowest BCUT2D eigenvalue weighted by Gasteiger charge is -2.18. The molecule has 2 rings (SSSR count). The van der Waals surface area contributed by atoms with Crippen molar-refractivity contribution < 1.29 is 18.3 Å². The summed E-state index contributed by atoms with van der Waals surface area (Å²) in [7, 11) is -3.62. The van der Waals surface area contributed by atoms with E-state index in [0.717, 1.165) is 24.2 Å². The quantitative estimate of drug-likeness (QED) is 0.816. The van der Waals surface area contributed by atoms with E-state index in [1.54, 1.807) is 13.0 Å². The summed E-state index contributed by atoms with van der Waals surface area (Å²) in [6.07, 6.45) is 3.25. The van der Waals surface area contributed by atoms with Crippen molar-refractivity contribution in [3.05, 3.63) is 29.2 Å². The highest BCUT2D eigenvalue weighted by Gasteiger charge is 2.38. The van der Waals surface area contributed by atoms with Gasteiger partial charge in [0.25, 0.3) is 10.0 Å². The molecule has 1 heterocycles. The van der Waals surface area contributed by atoms with Crippen LogP contribution in [0.5, 0.6) is 0 Å². The van der Waals surface area contributed by atoms with Crippen molar-refractivity contribution in [2.45, 2.75) is 30.0 Å². The molecule has 1 aromatic rings. The molecule has 0 aliphatic heterocycles. The van der Waals surface area contributed by atoms with E-state index in [2.05, 4.69) is 6.58 Å². The van der Waals surface area contributed by atoms with Gasteiger partial charge in [-0.3, -0.25) is 0 Å². The Hall–Kier alpha value is -1.18. The van der Waals surface area contributed by atoms with E-state index in [1.165, 1.54) is 10.4 Å². The highest BCUT2D eigenvalue weighted by Crippen LogP contribution is 2.35. The van der Waals surface area contributed by atoms with Gasteiger partial charge in [0.2, 0.25) is 0 Å². The maximum Gasteiger partial charge on any atom is 0.346 e. The molecule has 0 amide bonds. The van der Waals surface area contributed by atoms with Gasteiger partial charge in [-0.2, -0.15) is 4.31 Å². The highest BCUT2D eigenvalue weighted by molar-refractivity contribution is 7.91. The Labute approximate surface area is 116 Å². The minimum absolute atomic E-state index is 0.0266. The molecule has 1 fully saturated rings. The van der Waals surface area contributed by atoms with Gasteiger partial charge in [-0.25, -0.2) is 13.2 Å². The zero-order valence-corrected chi connectivity index (χ0v) is 12.1. The first-order valence-corrected chi connectivity index (χ1v) is 8.10. The molecule has 104 valence electrons. The van der Waals surface area contributed by atoms with E-state index in [4.69, 9.17) is 5.11 Å². The van der Waals surface area contributed by atoms with Crippen molar-refractivity contribution in [1.29, 1.82) is 0 Å². The van der Waals surface area contributed by atoms with Crippen LogP contribution < -0.4 is 0 Å². The van der Waals surface area contributed by atoms with Crippen LogP contribution in [0.2, 0.25) is 0 Å². The summed E-state index contributed by atoms with van der Waals surface area (Å²) < 4.78 is 26.5. The van der Waals surface area contributed by atoms with Crippen LogP contribution in [0.4, 0.5) is 0 Å². The van der Waals surface area contributed by atoms with Crippen molar-refractivity contribution in [3.63, 3.8) is 0 Å². The van der Waals surface area contributed by atoms with E-state index >= 15 is 0 Å². The summed E-state index contributed by atoms with van der Waals surface area (Å²) in [6.45, 7) is 5.43. The molecule has 1 aliphatic rings. The van der Waals surface area contributed by atoms with Gasteiger partial charge in [-0.15, -0.1) is 17.9 Å². The average Bonchev–Trinajstić information content (AvgIpc) is 3.07. The maximum absolute atomic E-state index is 12.5. The molecule has 0 unspecified atom stereocenters. The number of aryl methyl sites for hydroxylation is 1. The summed E-state index contributed by atoms with van der Waals surface area (Å²) in [5.41, 5.74) is 0.477. The minimum atomic E-state index is -3.62. The molecule has 0 radical (unpaired) electrons. The summed E-state index contributed by atoms with van der Waals surface area (Å²) in [5.74, 6) is -1.09. The Morgan fingerprint density at radius 3 is 2.68 bits per heavy atom. The van der Waals surface area contributed by atoms with Crippen molar-refractivity contribution >= 4 is 27.3 Å². The summed E-state index contributed by atoms with van der Waals surface area (Å²) >= 11 is 0.810. The first kappa shape index (κ1) is 14.2. The van der Waals surface area contributed by atoms with Gasteiger partial charge in [0.05, 0.1) is 0 Å². The lowest BCUT2D eigenvalue weighted by molar-refractivity contribution is 0.0701. The fourth-order valence-electron chi connectivity index (χ4n) is 1.84. The lowest BCUT2D eigenvalue weighted by atomic mass is 10.3. The number of carboxylic acid groups (broad SMARTS) is 1. The van der Waals surface area contributed by atoms with Crippen LogP contribution in [0.3, 0.4) is 0 Å². The number of nitrogens with zero attached hydrogens (tertiary/aromatic N) is 1. The van der Waals surface area contributed by atoms with Crippen LogP contribution in [-0.2, 0) is 10.0 Å². The van der Waals surface area contributed by atoms with Crippen LogP contribution >= 0.6 is 11.3 Å². The van der Waals surface area contributed by atoms with Gasteiger partial charge in [0.15, 0.2) is 0 Å². The Morgan fingerprint density at radius 2 is 2.26 bits per heavy atom. The SMILES string of the molecule is C=CCN(C1CC1)S(=O)(=O)c1cc(C)c(C(=O)O)s1. The molecule has 1 saturated carbocycles. The van der Waals surface area contributed by atoms with Crippen molar-refractivity contribution in [1.82, 2.24) is 4.31 Å². The molecular formula is C12H15NO4S2. The number of rotatable bonds is 6. The van der Waals surface area contributed by atoms with E-state index in [1.807, 2.05) is 0 Å². The lowest BCUT2D eigenvalue weighted by Crippen LogP contribution is -2.32. The number of aromatic carboxylic acids is 1. The van der Waals surface area contributed by atoms with Gasteiger partial charge in [0, 0.05) is 12.6 Å². The Morgan fingerprint density at radius 1 is 1.63 bits per heavy atom. The van der Waals surface area contributed by atoms with Gasteiger partial charge >= 0.3 is 5.97 Å². The molecule has 0 saturated heterocycles. The maximum atomic E-state index is 12.5. The predicted molar refractivity (Wildman–Crippen MR) is 73.1 cm³/mol. The fraction of sp³-hybridized carbons (Fsp3) is 0.417. The van der Waals surface area contributed by atoms with Gasteiger partial charge < -0.3 is 5.11 Å². The van der Waals surface area contributed by atoms with Crippen LogP contribution in [0.1, 0.15) is 28.1 Å². The molecule has 5 nitrogen and oxygen atoms in total. The van der Waals surface area contributed by atoms with Crippen LogP contribution in [-0.4, -0.2) is 36.4 Å². The Bertz CT molecular complexity index is 614. The molecule has 0 atom stereocenters. The number of hydrogen-bond acceptors (Lipinski definition) is 4. The first-order chi connectivity index (χ1) is 8.87. The van der Waals surface area contributed by atoms with Gasteiger partial charge in [-0.1, -0.05) is 6.08 Å². The predicted octanol–water partition coefficient (Wildman–Crippen LogP) is 2.09. The normalized spacial score (nSPS) is 15.7. The molecule has 0 spiro atoms. The third kappa shape index (κ3) is 2.72. The molecule has 19 heavy (non-hydrogen) atoms. The fourth-order valence-corrected chi connectivity index (χ4v) is 5.01. The zero-order chi connectivity index (χ0) is 14.2. The monoisotopic (exact) mass is 301 g/mol. The second-order valence-electron chi connectivity index (χ2n) is 4.48. The largest absolute Gasteiger partial charge is 0.477 e. The van der Waals surface area contributed by atoms with Crippen LogP contribution in [0.25, 0.3) is 0 Å². The Balaban J connectivity index is 2.40. The average molecular weight is 301 g/mol. The standard InChI is InChI=1S/C12H15NO4S2/c1-3-6-13(9-4-5-9)19(16,17)10-7-8(2)11(18-10)12(14)15/h3,7,9H,1,4-6H2,2H3,(H,14,15). The zero-order valence-electron chi connectivity index (χ0n) is 10.5. The summed E-state index contributed by atoms with van der Waals surface area (Å²) in [5, 5.41) is 8.99. The molecule has 1 aromatic heterocycles. The molecule has 0 bridgehead atoms. The third-order valence-electron chi connectivity index (χ3n) is 2.92. The van der Waals surface area contributed by atoms with Crippen LogP contribution in [0, 0.1) is 6.92 Å².